The van der Waals surface area contributed by atoms with Gasteiger partial charge in [0.25, 0.3) is 0 Å². The average molecular weight is 358 g/mol. The molecule has 2 aromatic rings. The van der Waals surface area contributed by atoms with E-state index in [9.17, 15) is 0 Å². The van der Waals surface area contributed by atoms with Crippen LogP contribution in [0.3, 0.4) is 0 Å². The predicted molar refractivity (Wildman–Crippen MR) is 81.6 cm³/mol. The molecule has 3 rings (SSSR count). The van der Waals surface area contributed by atoms with Gasteiger partial charge in [-0.15, -0.1) is 0 Å². The summed E-state index contributed by atoms with van der Waals surface area (Å²) in [5.74, 6) is 1.46. The van der Waals surface area contributed by atoms with E-state index in [1.165, 1.54) is 12.8 Å². The fraction of sp³-hybridized carbons (Fsp3) is 0.286. The Balaban J connectivity index is 2.01. The monoisotopic (exact) mass is 356 g/mol. The molecule has 19 heavy (non-hydrogen) atoms. The molecular formula is C14H11BrCl2N2. The lowest BCUT2D eigenvalue weighted by Gasteiger charge is -2.08. The summed E-state index contributed by atoms with van der Waals surface area (Å²) in [6.45, 7) is 0. The lowest BCUT2D eigenvalue weighted by atomic mass is 10.1. The van der Waals surface area contributed by atoms with E-state index in [1.807, 2.05) is 24.3 Å². The molecule has 0 unspecified atom stereocenters. The Bertz CT molecular complexity index is 604. The second kappa shape index (κ2) is 5.39. The van der Waals surface area contributed by atoms with Crippen molar-refractivity contribution in [3.63, 3.8) is 0 Å². The molecule has 0 atom stereocenters. The van der Waals surface area contributed by atoms with E-state index in [4.69, 9.17) is 23.2 Å². The third kappa shape index (κ3) is 3.10. The maximum Gasteiger partial charge on any atom is 0.142 e. The largest absolute Gasteiger partial charge is 0.220 e. The summed E-state index contributed by atoms with van der Waals surface area (Å²) in [5.41, 5.74) is 1.62. The molecule has 1 aromatic heterocycles. The molecule has 1 aromatic carbocycles. The number of halogens is 3. The van der Waals surface area contributed by atoms with E-state index in [0.29, 0.717) is 21.8 Å². The van der Waals surface area contributed by atoms with Gasteiger partial charge in [-0.3, -0.25) is 0 Å². The molecule has 1 fully saturated rings. The smallest absolute Gasteiger partial charge is 0.142 e. The lowest BCUT2D eigenvalue weighted by molar-refractivity contribution is 0.770. The zero-order valence-electron chi connectivity index (χ0n) is 10.0. The van der Waals surface area contributed by atoms with Gasteiger partial charge in [0.15, 0.2) is 0 Å². The molecule has 0 N–H and O–H groups in total. The second-order valence-corrected chi connectivity index (χ2v) is 6.39. The minimum Gasteiger partial charge on any atom is -0.220 e. The van der Waals surface area contributed by atoms with Crippen molar-refractivity contribution in [2.24, 2.45) is 5.92 Å². The minimum atomic E-state index is 0.425. The summed E-state index contributed by atoms with van der Waals surface area (Å²) in [6.07, 6.45) is 3.39. The van der Waals surface area contributed by atoms with Gasteiger partial charge in [0.2, 0.25) is 0 Å². The van der Waals surface area contributed by atoms with Gasteiger partial charge < -0.3 is 0 Å². The highest BCUT2D eigenvalue weighted by Gasteiger charge is 2.24. The van der Waals surface area contributed by atoms with Crippen molar-refractivity contribution < 1.29 is 0 Å². The summed E-state index contributed by atoms with van der Waals surface area (Å²) in [6, 6.07) is 7.79. The van der Waals surface area contributed by atoms with Crippen LogP contribution in [0.2, 0.25) is 10.3 Å². The van der Waals surface area contributed by atoms with Crippen molar-refractivity contribution in [2.45, 2.75) is 19.3 Å². The number of nitrogens with zero attached hydrogens (tertiary/aromatic N) is 2. The molecule has 1 aliphatic carbocycles. The molecule has 0 bridgehead atoms. The van der Waals surface area contributed by atoms with Gasteiger partial charge in [0.05, 0.1) is 5.56 Å². The van der Waals surface area contributed by atoms with Crippen LogP contribution < -0.4 is 0 Å². The highest BCUT2D eigenvalue weighted by Crippen LogP contribution is 2.36. The van der Waals surface area contributed by atoms with Gasteiger partial charge in [0, 0.05) is 10.9 Å². The van der Waals surface area contributed by atoms with E-state index in [2.05, 4.69) is 25.9 Å². The fourth-order valence-corrected chi connectivity index (χ4v) is 3.04. The van der Waals surface area contributed by atoms with Crippen LogP contribution in [0.15, 0.2) is 28.7 Å². The summed E-state index contributed by atoms with van der Waals surface area (Å²) >= 11 is 16.0. The van der Waals surface area contributed by atoms with Crippen molar-refractivity contribution in [3.8, 4) is 11.1 Å². The Hall–Kier alpha value is -0.640. The van der Waals surface area contributed by atoms with Crippen LogP contribution >= 0.6 is 39.1 Å². The Morgan fingerprint density at radius 3 is 2.42 bits per heavy atom. The number of rotatable bonds is 3. The molecule has 1 heterocycles. The van der Waals surface area contributed by atoms with E-state index in [0.717, 1.165) is 22.3 Å². The van der Waals surface area contributed by atoms with Crippen LogP contribution in [0.4, 0.5) is 0 Å². The van der Waals surface area contributed by atoms with Gasteiger partial charge in [-0.05, 0) is 36.5 Å². The molecule has 5 heteroatoms. The molecule has 0 aliphatic heterocycles. The zero-order chi connectivity index (χ0) is 13.4. The number of aromatic nitrogens is 2. The van der Waals surface area contributed by atoms with Gasteiger partial charge in [-0.2, -0.15) is 0 Å². The maximum absolute atomic E-state index is 6.27. The third-order valence-corrected chi connectivity index (χ3v) is 4.19. The first-order chi connectivity index (χ1) is 9.13. The molecule has 1 aliphatic rings. The van der Waals surface area contributed by atoms with Crippen LogP contribution in [0.1, 0.15) is 18.7 Å². The van der Waals surface area contributed by atoms with E-state index in [1.54, 1.807) is 0 Å². The van der Waals surface area contributed by atoms with Crippen molar-refractivity contribution in [2.75, 3.05) is 0 Å². The van der Waals surface area contributed by atoms with E-state index < -0.39 is 0 Å². The summed E-state index contributed by atoms with van der Waals surface area (Å²) in [7, 11) is 0. The quantitative estimate of drug-likeness (QED) is 0.708. The zero-order valence-corrected chi connectivity index (χ0v) is 13.1. The molecule has 1 saturated carbocycles. The number of hydrogen-bond acceptors (Lipinski definition) is 2. The number of benzene rings is 1. The summed E-state index contributed by atoms with van der Waals surface area (Å²) in [5, 5.41) is 0.850. The predicted octanol–water partition coefficient (Wildman–Crippen LogP) is 5.17. The van der Waals surface area contributed by atoms with Crippen molar-refractivity contribution in [1.29, 1.82) is 0 Å². The SMILES string of the molecule is Clc1nc(CC2CC2)nc(Cl)c1-c1cccc(Br)c1. The Kier molecular flexibility index (Phi) is 3.79. The Labute approximate surface area is 130 Å². The highest BCUT2D eigenvalue weighted by molar-refractivity contribution is 9.10. The summed E-state index contributed by atoms with van der Waals surface area (Å²) < 4.78 is 0.971. The third-order valence-electron chi connectivity index (χ3n) is 3.15. The van der Waals surface area contributed by atoms with Gasteiger partial charge in [-0.25, -0.2) is 9.97 Å². The van der Waals surface area contributed by atoms with Gasteiger partial charge in [-0.1, -0.05) is 51.3 Å². The van der Waals surface area contributed by atoms with Crippen molar-refractivity contribution in [1.82, 2.24) is 9.97 Å². The van der Waals surface area contributed by atoms with Crippen LogP contribution in [-0.4, -0.2) is 9.97 Å². The molecule has 0 radical (unpaired) electrons. The van der Waals surface area contributed by atoms with E-state index >= 15 is 0 Å². The molecule has 0 amide bonds. The van der Waals surface area contributed by atoms with Gasteiger partial charge in [0.1, 0.15) is 16.1 Å². The molecular weight excluding hydrogens is 347 g/mol. The van der Waals surface area contributed by atoms with Crippen LogP contribution in [-0.2, 0) is 6.42 Å². The van der Waals surface area contributed by atoms with Crippen molar-refractivity contribution in [3.05, 3.63) is 44.9 Å². The Morgan fingerprint density at radius 2 is 1.84 bits per heavy atom. The van der Waals surface area contributed by atoms with E-state index in [-0.39, 0.29) is 0 Å². The molecule has 0 saturated heterocycles. The fourth-order valence-electron chi connectivity index (χ4n) is 2.00. The van der Waals surface area contributed by atoms with Crippen LogP contribution in [0.5, 0.6) is 0 Å². The lowest BCUT2D eigenvalue weighted by Crippen LogP contribution is -1.99. The average Bonchev–Trinajstić information content (AvgIpc) is 3.12. The normalized spacial score (nSPS) is 14.7. The van der Waals surface area contributed by atoms with Crippen LogP contribution in [0, 0.1) is 5.92 Å². The van der Waals surface area contributed by atoms with Crippen LogP contribution in [0.25, 0.3) is 11.1 Å². The molecule has 2 nitrogen and oxygen atoms in total. The highest BCUT2D eigenvalue weighted by atomic mass is 79.9. The topological polar surface area (TPSA) is 25.8 Å². The maximum atomic E-state index is 6.27. The first-order valence-electron chi connectivity index (χ1n) is 6.11. The first-order valence-corrected chi connectivity index (χ1v) is 7.66. The standard InChI is InChI=1S/C14H11BrCl2N2/c15-10-3-1-2-9(7-10)12-13(16)18-11(19-14(12)17)6-8-4-5-8/h1-3,7-8H,4-6H2. The first kappa shape index (κ1) is 13.3. The van der Waals surface area contributed by atoms with Crippen molar-refractivity contribution >= 4 is 39.1 Å². The minimum absolute atomic E-state index is 0.425. The number of hydrogen-bond donors (Lipinski definition) is 0. The summed E-state index contributed by atoms with van der Waals surface area (Å²) in [4.78, 5) is 8.75. The Morgan fingerprint density at radius 1 is 1.16 bits per heavy atom. The molecule has 98 valence electrons. The van der Waals surface area contributed by atoms with Gasteiger partial charge >= 0.3 is 0 Å². The second-order valence-electron chi connectivity index (χ2n) is 4.75. The molecule has 0 spiro atoms.